The molecule has 0 saturated carbocycles. The van der Waals surface area contributed by atoms with E-state index in [9.17, 15) is 14.7 Å². The van der Waals surface area contributed by atoms with Gasteiger partial charge in [-0.05, 0) is 35.9 Å². The number of primary amides is 1. The number of benzene rings is 2. The molecule has 2 aromatic carbocycles. The molecule has 0 radical (unpaired) electrons. The Balaban J connectivity index is 1.54. The number of nitrogens with zero attached hydrogens (tertiary/aromatic N) is 2. The van der Waals surface area contributed by atoms with Gasteiger partial charge in [0.1, 0.15) is 0 Å². The summed E-state index contributed by atoms with van der Waals surface area (Å²) in [5, 5.41) is 17.1. The van der Waals surface area contributed by atoms with Gasteiger partial charge in [0, 0.05) is 23.9 Å². The molecular weight excluding hydrogens is 384 g/mol. The summed E-state index contributed by atoms with van der Waals surface area (Å²) in [6, 6.07) is 12.7. The molecule has 2 saturated heterocycles. The molecule has 5 rings (SSSR count). The molecule has 0 spiro atoms. The summed E-state index contributed by atoms with van der Waals surface area (Å²) >= 11 is 0. The first kappa shape index (κ1) is 18.4. The maximum absolute atomic E-state index is 11.9. The van der Waals surface area contributed by atoms with Gasteiger partial charge in [0.15, 0.2) is 17.4 Å². The van der Waals surface area contributed by atoms with Gasteiger partial charge in [0.2, 0.25) is 0 Å². The number of ether oxygens (including phenoxy) is 1. The van der Waals surface area contributed by atoms with Crippen LogP contribution in [0.2, 0.25) is 0 Å². The van der Waals surface area contributed by atoms with E-state index in [0.717, 1.165) is 5.56 Å². The number of carbonyl (C=O) groups excluding carboxylic acids is 2. The Kier molecular flexibility index (Phi) is 4.10. The van der Waals surface area contributed by atoms with Crippen LogP contribution in [0, 0.1) is 11.8 Å². The standard InChI is InChI=1S/C22H18N4O4/c23-20(28)18-16-11-14(12-27)4-5-17(16)26(25-18)15-3-1-2-13(10-15)6-7-22-8-9-24-21(29)19(22)30-22/h1-5,10-11,19,27H,8-9,12H2,(H2,23,28)(H,24,29). The van der Waals surface area contributed by atoms with E-state index in [-0.39, 0.29) is 18.2 Å². The van der Waals surface area contributed by atoms with Gasteiger partial charge >= 0.3 is 0 Å². The van der Waals surface area contributed by atoms with Crippen LogP contribution in [-0.2, 0) is 16.1 Å². The molecule has 0 bridgehead atoms. The van der Waals surface area contributed by atoms with Crippen LogP contribution in [-0.4, -0.2) is 45.0 Å². The summed E-state index contributed by atoms with van der Waals surface area (Å²) in [6.45, 7) is 0.405. The highest BCUT2D eigenvalue weighted by atomic mass is 16.6. The first-order chi connectivity index (χ1) is 14.5. The van der Waals surface area contributed by atoms with Crippen molar-refractivity contribution in [3.05, 3.63) is 59.3 Å². The van der Waals surface area contributed by atoms with Crippen LogP contribution in [0.15, 0.2) is 42.5 Å². The SMILES string of the molecule is NC(=O)c1nn(-c2cccc(C#CC34CCNC(=O)C3O4)c2)c2ccc(CO)cc12. The minimum Gasteiger partial charge on any atom is -0.392 e. The number of carbonyl (C=O) groups is 2. The molecule has 30 heavy (non-hydrogen) atoms. The number of aliphatic hydroxyl groups is 1. The molecule has 0 aliphatic carbocycles. The second kappa shape index (κ2) is 6.69. The van der Waals surface area contributed by atoms with Crippen molar-refractivity contribution in [3.8, 4) is 17.5 Å². The fourth-order valence-corrected chi connectivity index (χ4v) is 3.79. The van der Waals surface area contributed by atoms with Crippen LogP contribution in [0.25, 0.3) is 16.6 Å². The third-order valence-electron chi connectivity index (χ3n) is 5.40. The van der Waals surface area contributed by atoms with E-state index in [1.54, 1.807) is 22.9 Å². The molecule has 2 atom stereocenters. The molecule has 3 aromatic rings. The molecule has 2 aliphatic rings. The number of hydrogen-bond donors (Lipinski definition) is 3. The lowest BCUT2D eigenvalue weighted by atomic mass is 9.97. The lowest BCUT2D eigenvalue weighted by Gasteiger charge is -2.11. The smallest absolute Gasteiger partial charge is 0.269 e. The van der Waals surface area contributed by atoms with E-state index in [2.05, 4.69) is 22.3 Å². The van der Waals surface area contributed by atoms with Crippen molar-refractivity contribution < 1.29 is 19.4 Å². The van der Waals surface area contributed by atoms with Crippen LogP contribution < -0.4 is 11.1 Å². The predicted octanol–water partition coefficient (Wildman–Crippen LogP) is 0.626. The zero-order chi connectivity index (χ0) is 20.9. The maximum atomic E-state index is 11.9. The fraction of sp³-hybridized carbons (Fsp3) is 0.227. The summed E-state index contributed by atoms with van der Waals surface area (Å²) in [6.07, 6.45) is 0.172. The zero-order valence-electron chi connectivity index (χ0n) is 15.9. The van der Waals surface area contributed by atoms with Gasteiger partial charge in [-0.3, -0.25) is 9.59 Å². The highest BCUT2D eigenvalue weighted by Crippen LogP contribution is 2.41. The van der Waals surface area contributed by atoms with Crippen LogP contribution in [0.5, 0.6) is 0 Å². The first-order valence-electron chi connectivity index (χ1n) is 9.52. The van der Waals surface area contributed by atoms with Crippen LogP contribution in [0.4, 0.5) is 0 Å². The van der Waals surface area contributed by atoms with Gasteiger partial charge < -0.3 is 20.9 Å². The van der Waals surface area contributed by atoms with Gasteiger partial charge in [-0.25, -0.2) is 4.68 Å². The Bertz CT molecular complexity index is 1270. The van der Waals surface area contributed by atoms with Gasteiger partial charge in [0.05, 0.1) is 17.8 Å². The summed E-state index contributed by atoms with van der Waals surface area (Å²) in [4.78, 5) is 23.6. The Morgan fingerprint density at radius 2 is 2.23 bits per heavy atom. The lowest BCUT2D eigenvalue weighted by Crippen LogP contribution is -2.39. The molecular formula is C22H18N4O4. The van der Waals surface area contributed by atoms with Crippen molar-refractivity contribution in [2.45, 2.75) is 24.7 Å². The topological polar surface area (TPSA) is 123 Å². The van der Waals surface area contributed by atoms with Crippen LogP contribution >= 0.6 is 0 Å². The summed E-state index contributed by atoms with van der Waals surface area (Å²) in [5.41, 5.74) is 7.77. The molecule has 2 unspecified atom stereocenters. The fourth-order valence-electron chi connectivity index (χ4n) is 3.79. The highest BCUT2D eigenvalue weighted by Gasteiger charge is 2.61. The number of epoxide rings is 1. The minimum absolute atomic E-state index is 0.117. The maximum Gasteiger partial charge on any atom is 0.269 e. The second-order valence-corrected chi connectivity index (χ2v) is 7.36. The summed E-state index contributed by atoms with van der Waals surface area (Å²) < 4.78 is 7.18. The van der Waals surface area contributed by atoms with Crippen molar-refractivity contribution in [3.63, 3.8) is 0 Å². The Morgan fingerprint density at radius 1 is 1.37 bits per heavy atom. The van der Waals surface area contributed by atoms with Crippen molar-refractivity contribution in [2.24, 2.45) is 5.73 Å². The molecule has 8 nitrogen and oxygen atoms in total. The average Bonchev–Trinajstić information content (AvgIpc) is 3.38. The number of hydrogen-bond acceptors (Lipinski definition) is 5. The Hall–Kier alpha value is -3.67. The van der Waals surface area contributed by atoms with E-state index in [0.29, 0.717) is 35.1 Å². The predicted molar refractivity (Wildman–Crippen MR) is 108 cm³/mol. The van der Waals surface area contributed by atoms with Crippen LogP contribution in [0.1, 0.15) is 28.0 Å². The van der Waals surface area contributed by atoms with Gasteiger partial charge in [-0.1, -0.05) is 24.0 Å². The van der Waals surface area contributed by atoms with E-state index >= 15 is 0 Å². The quantitative estimate of drug-likeness (QED) is 0.438. The third-order valence-corrected chi connectivity index (χ3v) is 5.40. The van der Waals surface area contributed by atoms with Crippen molar-refractivity contribution in [1.29, 1.82) is 0 Å². The largest absolute Gasteiger partial charge is 0.392 e. The minimum atomic E-state index is -0.684. The molecule has 3 heterocycles. The monoisotopic (exact) mass is 402 g/mol. The average molecular weight is 402 g/mol. The van der Waals surface area contributed by atoms with E-state index in [4.69, 9.17) is 10.5 Å². The first-order valence-corrected chi connectivity index (χ1v) is 9.52. The van der Waals surface area contributed by atoms with E-state index < -0.39 is 17.6 Å². The van der Waals surface area contributed by atoms with Crippen molar-refractivity contribution in [2.75, 3.05) is 6.54 Å². The molecule has 4 N–H and O–H groups in total. The molecule has 2 fully saturated rings. The summed E-state index contributed by atoms with van der Waals surface area (Å²) in [5.74, 6) is 5.45. The lowest BCUT2D eigenvalue weighted by molar-refractivity contribution is -0.122. The molecule has 8 heteroatoms. The third kappa shape index (κ3) is 2.92. The number of rotatable bonds is 3. The molecule has 1 aromatic heterocycles. The van der Waals surface area contributed by atoms with Gasteiger partial charge in [-0.2, -0.15) is 5.10 Å². The Labute approximate surface area is 171 Å². The number of nitrogens with one attached hydrogen (secondary N) is 1. The zero-order valence-corrected chi connectivity index (χ0v) is 15.9. The Morgan fingerprint density at radius 3 is 3.03 bits per heavy atom. The normalized spacial score (nSPS) is 22.0. The number of amides is 2. The highest BCUT2D eigenvalue weighted by molar-refractivity contribution is 6.04. The number of aliphatic hydroxyl groups excluding tert-OH is 1. The van der Waals surface area contributed by atoms with Gasteiger partial charge in [0.25, 0.3) is 11.8 Å². The second-order valence-electron chi connectivity index (χ2n) is 7.36. The van der Waals surface area contributed by atoms with Crippen LogP contribution in [0.3, 0.4) is 0 Å². The van der Waals surface area contributed by atoms with E-state index in [1.165, 1.54) is 0 Å². The van der Waals surface area contributed by atoms with E-state index in [1.807, 2.05) is 24.3 Å². The van der Waals surface area contributed by atoms with Crippen molar-refractivity contribution in [1.82, 2.24) is 15.1 Å². The number of piperidine rings is 1. The summed E-state index contributed by atoms with van der Waals surface area (Å²) in [7, 11) is 0. The number of fused-ring (bicyclic) bond motifs is 2. The molecule has 2 aliphatic heterocycles. The van der Waals surface area contributed by atoms with Gasteiger partial charge in [-0.15, -0.1) is 0 Å². The van der Waals surface area contributed by atoms with Crippen molar-refractivity contribution >= 4 is 22.7 Å². The number of aromatic nitrogens is 2. The molecule has 150 valence electrons. The number of nitrogens with two attached hydrogens (primary N) is 1. The molecule has 2 amide bonds.